The highest BCUT2D eigenvalue weighted by molar-refractivity contribution is 7.90. The van der Waals surface area contributed by atoms with Crippen LogP contribution in [0.5, 0.6) is 0 Å². The molecule has 2 aromatic heterocycles. The third-order valence-corrected chi connectivity index (χ3v) is 5.75. The molecule has 4 rings (SSSR count). The van der Waals surface area contributed by atoms with Crippen LogP contribution in [0, 0.1) is 11.6 Å². The van der Waals surface area contributed by atoms with E-state index in [-0.39, 0.29) is 29.6 Å². The third-order valence-electron chi connectivity index (χ3n) is 4.47. The molecule has 0 saturated carbocycles. The summed E-state index contributed by atoms with van der Waals surface area (Å²) in [5, 5.41) is 13.2. The van der Waals surface area contributed by atoms with Gasteiger partial charge in [0.25, 0.3) is 0 Å². The van der Waals surface area contributed by atoms with Crippen LogP contribution in [-0.2, 0) is 9.84 Å². The molecule has 32 heavy (non-hydrogen) atoms. The Labute approximate surface area is 187 Å². The number of benzene rings is 2. The molecule has 0 unspecified atom stereocenters. The van der Waals surface area contributed by atoms with Crippen LogP contribution < -0.4 is 10.6 Å². The molecule has 0 atom stereocenters. The van der Waals surface area contributed by atoms with Crippen molar-refractivity contribution in [2.75, 3.05) is 29.2 Å². The molecule has 0 amide bonds. The van der Waals surface area contributed by atoms with Crippen molar-refractivity contribution in [2.45, 2.75) is 0 Å². The minimum absolute atomic E-state index is 0.0305. The molecule has 0 spiro atoms. The molecule has 2 aromatic carbocycles. The summed E-state index contributed by atoms with van der Waals surface area (Å²) in [5.41, 5.74) is 1.71. The molecule has 0 bridgehead atoms. The maximum Gasteiger partial charge on any atom is 0.177 e. The van der Waals surface area contributed by atoms with Crippen molar-refractivity contribution >= 4 is 49.9 Å². The Hall–Kier alpha value is -3.31. The predicted octanol–water partition coefficient (Wildman–Crippen LogP) is 4.15. The first-order chi connectivity index (χ1) is 15.2. The number of hydrogen-bond acceptors (Lipinski definition) is 7. The number of hydrogen-bond donors (Lipinski definition) is 3. The highest BCUT2D eigenvalue weighted by atomic mass is 35.5. The van der Waals surface area contributed by atoms with Crippen LogP contribution in [0.25, 0.3) is 22.4 Å². The summed E-state index contributed by atoms with van der Waals surface area (Å²) in [6.07, 6.45) is 1.11. The molecule has 2 heterocycles. The number of halogens is 3. The van der Waals surface area contributed by atoms with E-state index >= 15 is 0 Å². The Morgan fingerprint density at radius 3 is 2.59 bits per heavy atom. The zero-order valence-electron chi connectivity index (χ0n) is 16.7. The molecule has 0 aliphatic carbocycles. The first-order valence-corrected chi connectivity index (χ1v) is 11.8. The highest BCUT2D eigenvalue weighted by Crippen LogP contribution is 2.33. The Kier molecular flexibility index (Phi) is 5.94. The normalized spacial score (nSPS) is 11.6. The molecule has 3 N–H and O–H groups in total. The summed E-state index contributed by atoms with van der Waals surface area (Å²) in [4.78, 5) is 8.95. The Bertz CT molecular complexity index is 1410. The summed E-state index contributed by atoms with van der Waals surface area (Å²) in [6.45, 7) is 0.0406. The van der Waals surface area contributed by atoms with Crippen molar-refractivity contribution in [3.8, 4) is 11.3 Å². The quantitative estimate of drug-likeness (QED) is 0.365. The number of rotatable bonds is 7. The fraction of sp³-hybridized carbons (Fsp3) is 0.150. The maximum absolute atomic E-state index is 14.2. The number of nitrogens with zero attached hydrogens (tertiary/aromatic N) is 3. The van der Waals surface area contributed by atoms with E-state index in [2.05, 4.69) is 30.8 Å². The molecule has 0 radical (unpaired) electrons. The lowest BCUT2D eigenvalue weighted by atomic mass is 10.1. The Morgan fingerprint density at radius 2 is 1.88 bits per heavy atom. The Morgan fingerprint density at radius 1 is 1.09 bits per heavy atom. The lowest BCUT2D eigenvalue weighted by molar-refractivity contribution is 0.586. The fourth-order valence-corrected chi connectivity index (χ4v) is 3.66. The van der Waals surface area contributed by atoms with Crippen molar-refractivity contribution in [2.24, 2.45) is 0 Å². The van der Waals surface area contributed by atoms with Gasteiger partial charge in [0.2, 0.25) is 0 Å². The van der Waals surface area contributed by atoms with Gasteiger partial charge in [0.05, 0.1) is 16.5 Å². The van der Waals surface area contributed by atoms with Gasteiger partial charge in [-0.3, -0.25) is 5.10 Å². The number of aromatic amines is 1. The van der Waals surface area contributed by atoms with Crippen molar-refractivity contribution in [1.82, 2.24) is 20.2 Å². The van der Waals surface area contributed by atoms with Gasteiger partial charge < -0.3 is 10.6 Å². The minimum atomic E-state index is -3.23. The number of sulfone groups is 1. The second-order valence-corrected chi connectivity index (χ2v) is 9.64. The van der Waals surface area contributed by atoms with Gasteiger partial charge in [-0.25, -0.2) is 27.2 Å². The van der Waals surface area contributed by atoms with Crippen molar-refractivity contribution in [3.63, 3.8) is 0 Å². The van der Waals surface area contributed by atoms with E-state index in [1.54, 1.807) is 24.3 Å². The number of fused-ring (bicyclic) bond motifs is 1. The van der Waals surface area contributed by atoms with Gasteiger partial charge in [0.1, 0.15) is 32.7 Å². The van der Waals surface area contributed by atoms with Crippen LogP contribution in [0.4, 0.5) is 26.1 Å². The van der Waals surface area contributed by atoms with Crippen LogP contribution in [0.1, 0.15) is 0 Å². The van der Waals surface area contributed by atoms with Crippen LogP contribution in [0.3, 0.4) is 0 Å². The van der Waals surface area contributed by atoms with Gasteiger partial charge in [-0.15, -0.1) is 0 Å². The van der Waals surface area contributed by atoms with Gasteiger partial charge in [-0.05, 0) is 18.2 Å². The molecule has 0 aliphatic heterocycles. The second-order valence-electron chi connectivity index (χ2n) is 6.98. The average Bonchev–Trinajstić information content (AvgIpc) is 3.12. The summed E-state index contributed by atoms with van der Waals surface area (Å²) in [6, 6.07) is 10.1. The molecule has 0 saturated heterocycles. The molecule has 12 heteroatoms. The average molecular weight is 479 g/mol. The summed E-state index contributed by atoms with van der Waals surface area (Å²) >= 11 is 6.29. The van der Waals surface area contributed by atoms with E-state index < -0.39 is 21.5 Å². The largest absolute Gasteiger partial charge is 0.366 e. The van der Waals surface area contributed by atoms with Gasteiger partial charge >= 0.3 is 0 Å². The summed E-state index contributed by atoms with van der Waals surface area (Å²) in [5.74, 6) is -1.43. The van der Waals surface area contributed by atoms with Gasteiger partial charge in [0, 0.05) is 24.4 Å². The smallest absolute Gasteiger partial charge is 0.177 e. The number of aromatic nitrogens is 4. The third kappa shape index (κ3) is 4.78. The second kappa shape index (κ2) is 8.67. The van der Waals surface area contributed by atoms with E-state index in [4.69, 9.17) is 11.6 Å². The van der Waals surface area contributed by atoms with Crippen LogP contribution in [0.2, 0.25) is 5.02 Å². The van der Waals surface area contributed by atoms with E-state index in [0.717, 1.165) is 18.4 Å². The molecule has 0 fully saturated rings. The van der Waals surface area contributed by atoms with Gasteiger partial charge in [-0.2, -0.15) is 5.10 Å². The predicted molar refractivity (Wildman–Crippen MR) is 120 cm³/mol. The maximum atomic E-state index is 14.2. The van der Waals surface area contributed by atoms with E-state index in [1.807, 2.05) is 0 Å². The first-order valence-electron chi connectivity index (χ1n) is 9.36. The minimum Gasteiger partial charge on any atom is -0.366 e. The monoisotopic (exact) mass is 478 g/mol. The van der Waals surface area contributed by atoms with Gasteiger partial charge in [0.15, 0.2) is 17.3 Å². The topological polar surface area (TPSA) is 113 Å². The SMILES string of the molecule is CS(=O)(=O)CCNc1nc2c(-c3ccccc3Cl)n[nH]c2nc1Nc1ccc(F)cc1F. The zero-order chi connectivity index (χ0) is 22.9. The fourth-order valence-electron chi connectivity index (χ4n) is 2.96. The van der Waals surface area contributed by atoms with Crippen molar-refractivity contribution in [1.29, 1.82) is 0 Å². The number of anilines is 3. The van der Waals surface area contributed by atoms with E-state index in [0.29, 0.717) is 27.4 Å². The van der Waals surface area contributed by atoms with E-state index in [1.165, 1.54) is 6.07 Å². The van der Waals surface area contributed by atoms with Crippen LogP contribution >= 0.6 is 11.6 Å². The lowest BCUT2D eigenvalue weighted by Gasteiger charge is -2.13. The van der Waals surface area contributed by atoms with Crippen molar-refractivity contribution < 1.29 is 17.2 Å². The van der Waals surface area contributed by atoms with Crippen LogP contribution in [-0.4, -0.2) is 47.1 Å². The van der Waals surface area contributed by atoms with Crippen LogP contribution in [0.15, 0.2) is 42.5 Å². The van der Waals surface area contributed by atoms with Gasteiger partial charge in [-0.1, -0.05) is 29.8 Å². The molecule has 0 aliphatic rings. The lowest BCUT2D eigenvalue weighted by Crippen LogP contribution is -2.16. The van der Waals surface area contributed by atoms with E-state index in [9.17, 15) is 17.2 Å². The highest BCUT2D eigenvalue weighted by Gasteiger charge is 2.18. The molecule has 166 valence electrons. The summed E-state index contributed by atoms with van der Waals surface area (Å²) in [7, 11) is -3.23. The molecular formula is C20H17ClF2N6O2S. The molecular weight excluding hydrogens is 462 g/mol. The molecule has 4 aromatic rings. The summed E-state index contributed by atoms with van der Waals surface area (Å²) < 4.78 is 50.5. The number of nitrogens with one attached hydrogen (secondary N) is 3. The Balaban J connectivity index is 1.78. The standard InChI is InChI=1S/C20H17ClF2N6O2S/c1-32(30,31)9-8-24-19-20(25-15-7-6-11(22)10-14(15)23)27-18-17(26-19)16(28-29-18)12-4-2-3-5-13(12)21/h2-7,10H,8-9H2,1H3,(H,24,26)(H2,25,27,28,29). The first kappa shape index (κ1) is 21.9. The molecule has 8 nitrogen and oxygen atoms in total. The zero-order valence-corrected chi connectivity index (χ0v) is 18.2. The number of H-pyrrole nitrogens is 1. The van der Waals surface area contributed by atoms with Crippen molar-refractivity contribution in [3.05, 3.63) is 59.1 Å².